The lowest BCUT2D eigenvalue weighted by molar-refractivity contribution is 0.675. The standard InChI is InChI=1S/C8H16/c1-3-5-7-8-6-4-2/h3H,1,4-8H2,2H3/i6D,7D. The van der Waals surface area contributed by atoms with E-state index >= 15 is 0 Å². The third-order valence-electron chi connectivity index (χ3n) is 0.955. The maximum Gasteiger partial charge on any atom is 0.0270 e. The summed E-state index contributed by atoms with van der Waals surface area (Å²) in [7, 11) is 0. The van der Waals surface area contributed by atoms with Gasteiger partial charge in [0, 0.05) is 2.74 Å². The predicted molar refractivity (Wildman–Crippen MR) is 39.0 cm³/mol. The Morgan fingerprint density at radius 2 is 2.38 bits per heavy atom. The van der Waals surface area contributed by atoms with E-state index in [0.29, 0.717) is 6.42 Å². The van der Waals surface area contributed by atoms with Gasteiger partial charge in [-0.15, -0.1) is 6.58 Å². The fraction of sp³-hybridized carbons (Fsp3) is 0.750. The number of rotatable bonds is 5. The number of hydrogen-bond donors (Lipinski definition) is 0. The van der Waals surface area contributed by atoms with Crippen molar-refractivity contribution in [2.45, 2.75) is 39.0 Å². The molecule has 2 unspecified atom stereocenters. The first-order chi connectivity index (χ1) is 4.70. The Morgan fingerprint density at radius 1 is 1.62 bits per heavy atom. The van der Waals surface area contributed by atoms with Crippen molar-refractivity contribution in [1.29, 1.82) is 0 Å². The molecule has 0 amide bonds. The molecule has 0 fully saturated rings. The molecular formula is C8H16. The molecule has 0 bridgehead atoms. The molecule has 0 saturated heterocycles. The Kier molecular flexibility index (Phi) is 3.88. The van der Waals surface area contributed by atoms with E-state index in [1.165, 1.54) is 0 Å². The topological polar surface area (TPSA) is 0 Å². The van der Waals surface area contributed by atoms with Gasteiger partial charge in [-0.3, -0.25) is 0 Å². The van der Waals surface area contributed by atoms with Crippen molar-refractivity contribution in [3.8, 4) is 0 Å². The molecular weight excluding hydrogens is 96.1 g/mol. The summed E-state index contributed by atoms with van der Waals surface area (Å²) in [6.45, 7) is 5.54. The van der Waals surface area contributed by atoms with Crippen LogP contribution < -0.4 is 0 Å². The van der Waals surface area contributed by atoms with E-state index < -0.39 is 0 Å². The fourth-order valence-electron chi connectivity index (χ4n) is 0.499. The average molecular weight is 114 g/mol. The van der Waals surface area contributed by atoms with Crippen molar-refractivity contribution >= 4 is 0 Å². The average Bonchev–Trinajstić information content (AvgIpc) is 1.88. The minimum Gasteiger partial charge on any atom is -0.103 e. The molecule has 48 valence electrons. The van der Waals surface area contributed by atoms with E-state index in [1.54, 1.807) is 6.08 Å². The molecule has 0 nitrogen and oxygen atoms in total. The van der Waals surface area contributed by atoms with Crippen molar-refractivity contribution in [2.24, 2.45) is 0 Å². The van der Waals surface area contributed by atoms with Crippen molar-refractivity contribution in [3.63, 3.8) is 0 Å². The van der Waals surface area contributed by atoms with E-state index in [0.717, 1.165) is 12.8 Å². The molecule has 0 N–H and O–H groups in total. The highest BCUT2D eigenvalue weighted by atomic mass is 13.9. The predicted octanol–water partition coefficient (Wildman–Crippen LogP) is 3.14. The summed E-state index contributed by atoms with van der Waals surface area (Å²) in [4.78, 5) is 0. The van der Waals surface area contributed by atoms with E-state index in [2.05, 4.69) is 6.58 Å². The second-order valence-electron chi connectivity index (χ2n) is 1.75. The quantitative estimate of drug-likeness (QED) is 0.482. The van der Waals surface area contributed by atoms with Gasteiger partial charge in [-0.1, -0.05) is 32.2 Å². The molecule has 0 aromatic heterocycles. The largest absolute Gasteiger partial charge is 0.103 e. The lowest BCUT2D eigenvalue weighted by Gasteiger charge is -1.91. The van der Waals surface area contributed by atoms with Crippen molar-refractivity contribution in [1.82, 2.24) is 0 Å². The summed E-state index contributed by atoms with van der Waals surface area (Å²) in [5, 5.41) is 0. The summed E-state index contributed by atoms with van der Waals surface area (Å²) in [5.41, 5.74) is 0. The number of hydrogen-bond acceptors (Lipinski definition) is 0. The summed E-state index contributed by atoms with van der Waals surface area (Å²) in [6, 6.07) is 0. The van der Waals surface area contributed by atoms with Crippen LogP contribution in [0.15, 0.2) is 12.7 Å². The van der Waals surface area contributed by atoms with Gasteiger partial charge in [0.25, 0.3) is 0 Å². The maximum absolute atomic E-state index is 7.41. The highest BCUT2D eigenvalue weighted by Gasteiger charge is 1.81. The molecule has 0 aliphatic heterocycles. The van der Waals surface area contributed by atoms with Crippen LogP contribution in [0, 0.1) is 0 Å². The van der Waals surface area contributed by atoms with Gasteiger partial charge in [-0.05, 0) is 12.8 Å². The van der Waals surface area contributed by atoms with Gasteiger partial charge >= 0.3 is 0 Å². The zero-order valence-corrected chi connectivity index (χ0v) is 5.56. The second-order valence-corrected chi connectivity index (χ2v) is 1.75. The first kappa shape index (κ1) is 4.60. The van der Waals surface area contributed by atoms with Gasteiger partial charge in [-0.25, -0.2) is 0 Å². The summed E-state index contributed by atoms with van der Waals surface area (Å²) < 4.78 is 14.8. The monoisotopic (exact) mass is 114 g/mol. The first-order valence-electron chi connectivity index (χ1n) is 4.31. The van der Waals surface area contributed by atoms with Gasteiger partial charge in [0.15, 0.2) is 0 Å². The fourth-order valence-corrected chi connectivity index (χ4v) is 0.499. The zero-order chi connectivity index (χ0) is 7.98. The van der Waals surface area contributed by atoms with E-state index in [-0.39, 0.29) is 12.8 Å². The van der Waals surface area contributed by atoms with Crippen LogP contribution in [-0.2, 0) is 0 Å². The van der Waals surface area contributed by atoms with Gasteiger partial charge in [-0.2, -0.15) is 0 Å². The van der Waals surface area contributed by atoms with Crippen LogP contribution >= 0.6 is 0 Å². The van der Waals surface area contributed by atoms with Gasteiger partial charge in [0.2, 0.25) is 0 Å². The Bertz CT molecular complexity index is 91.3. The number of allylic oxidation sites excluding steroid dienone is 1. The third kappa shape index (κ3) is 5.74. The van der Waals surface area contributed by atoms with Crippen molar-refractivity contribution < 1.29 is 2.74 Å². The zero-order valence-electron chi connectivity index (χ0n) is 7.56. The summed E-state index contributed by atoms with van der Waals surface area (Å²) >= 11 is 0. The second kappa shape index (κ2) is 6.74. The molecule has 0 saturated carbocycles. The highest BCUT2D eigenvalue weighted by Crippen LogP contribution is 2.01. The molecule has 0 aliphatic carbocycles. The minimum atomic E-state index is -0.111. The highest BCUT2D eigenvalue weighted by molar-refractivity contribution is 4.64. The van der Waals surface area contributed by atoms with Gasteiger partial charge in [0.1, 0.15) is 0 Å². The van der Waals surface area contributed by atoms with Crippen LogP contribution in [0.3, 0.4) is 0 Å². The Balaban J connectivity index is 3.35. The lowest BCUT2D eigenvalue weighted by atomic mass is 10.2. The summed E-state index contributed by atoms with van der Waals surface area (Å²) in [5.74, 6) is 0. The van der Waals surface area contributed by atoms with Crippen molar-refractivity contribution in [3.05, 3.63) is 12.7 Å². The molecule has 0 heteroatoms. The van der Waals surface area contributed by atoms with Gasteiger partial charge in [0.05, 0.1) is 0 Å². The summed E-state index contributed by atoms with van der Waals surface area (Å²) in [6.07, 6.45) is 3.84. The van der Waals surface area contributed by atoms with E-state index in [9.17, 15) is 0 Å². The molecule has 0 aromatic rings. The molecule has 2 atom stereocenters. The Hall–Kier alpha value is -0.260. The smallest absolute Gasteiger partial charge is 0.0270 e. The Morgan fingerprint density at radius 3 is 2.88 bits per heavy atom. The van der Waals surface area contributed by atoms with Gasteiger partial charge < -0.3 is 0 Å². The lowest BCUT2D eigenvalue weighted by Crippen LogP contribution is -1.71. The molecule has 0 aliphatic rings. The minimum absolute atomic E-state index is 0.0533. The molecule has 0 aromatic carbocycles. The van der Waals surface area contributed by atoms with Crippen LogP contribution in [0.5, 0.6) is 0 Å². The first-order valence-corrected chi connectivity index (χ1v) is 3.16. The van der Waals surface area contributed by atoms with Crippen LogP contribution in [0.1, 0.15) is 41.7 Å². The Labute approximate surface area is 55.4 Å². The third-order valence-corrected chi connectivity index (χ3v) is 0.955. The maximum atomic E-state index is 7.41. The molecule has 0 heterocycles. The molecule has 8 heavy (non-hydrogen) atoms. The SMILES string of the molecule is [2H]C(CC)CC([2H])CC=C. The molecule has 0 radical (unpaired) electrons. The van der Waals surface area contributed by atoms with Crippen molar-refractivity contribution in [2.75, 3.05) is 0 Å². The van der Waals surface area contributed by atoms with Crippen LogP contribution in [0.25, 0.3) is 0 Å². The van der Waals surface area contributed by atoms with Crippen LogP contribution in [0.4, 0.5) is 0 Å². The van der Waals surface area contributed by atoms with E-state index in [1.807, 2.05) is 6.92 Å². The molecule has 0 spiro atoms. The van der Waals surface area contributed by atoms with Crippen LogP contribution in [-0.4, -0.2) is 0 Å². The molecule has 0 rings (SSSR count). The normalized spacial score (nSPS) is 20.6. The van der Waals surface area contributed by atoms with E-state index in [4.69, 9.17) is 2.74 Å². The van der Waals surface area contributed by atoms with Crippen LogP contribution in [0.2, 0.25) is 0 Å².